The Morgan fingerprint density at radius 1 is 1.44 bits per heavy atom. The Balaban J connectivity index is 2.50. The van der Waals surface area contributed by atoms with E-state index in [-0.39, 0.29) is 12.2 Å². The molecule has 0 aromatic heterocycles. The van der Waals surface area contributed by atoms with Crippen LogP contribution in [0.5, 0.6) is 0 Å². The molecule has 94 valence electrons. The minimum absolute atomic E-state index is 0.0631. The molecule has 2 unspecified atom stereocenters. The highest BCUT2D eigenvalue weighted by Gasteiger charge is 2.31. The van der Waals surface area contributed by atoms with Gasteiger partial charge in [-0.3, -0.25) is 0 Å². The number of piperidine rings is 1. The number of carbonyl (C=O) groups is 1. The van der Waals surface area contributed by atoms with Gasteiger partial charge in [-0.25, -0.2) is 4.79 Å². The lowest BCUT2D eigenvalue weighted by molar-refractivity contribution is -0.0146. The van der Waals surface area contributed by atoms with E-state index in [0.29, 0.717) is 25.8 Å². The quantitative estimate of drug-likeness (QED) is 0.777. The zero-order valence-electron chi connectivity index (χ0n) is 10.4. The third-order valence-corrected chi connectivity index (χ3v) is 2.84. The van der Waals surface area contributed by atoms with Crippen molar-refractivity contribution in [1.29, 1.82) is 0 Å². The maximum atomic E-state index is 11.6. The summed E-state index contributed by atoms with van der Waals surface area (Å²) in [6.45, 7) is 6.21. The number of carbonyl (C=O) groups excluding carboxylic acids is 1. The topological polar surface area (TPSA) is 50.8 Å². The molecule has 0 aliphatic carbocycles. The Hall–Kier alpha value is -0.810. The molecule has 1 aliphatic rings. The Morgan fingerprint density at radius 3 is 2.75 bits per heavy atom. The number of amides is 1. The van der Waals surface area contributed by atoms with Gasteiger partial charge >= 0.3 is 6.09 Å². The molecule has 2 atom stereocenters. The second kappa shape index (κ2) is 6.70. The SMILES string of the molecule is CCOC(=O)N1CCC(NC)C(OCC)C1. The van der Waals surface area contributed by atoms with Gasteiger partial charge in [0, 0.05) is 19.2 Å². The first kappa shape index (κ1) is 13.3. The Kier molecular flexibility index (Phi) is 5.55. The molecule has 1 saturated heterocycles. The smallest absolute Gasteiger partial charge is 0.409 e. The number of nitrogens with one attached hydrogen (secondary N) is 1. The van der Waals surface area contributed by atoms with Gasteiger partial charge in [0.1, 0.15) is 0 Å². The average Bonchev–Trinajstić information content (AvgIpc) is 2.29. The third-order valence-electron chi connectivity index (χ3n) is 2.84. The number of hydrogen-bond donors (Lipinski definition) is 1. The van der Waals surface area contributed by atoms with Crippen molar-refractivity contribution in [3.05, 3.63) is 0 Å². The summed E-state index contributed by atoms with van der Waals surface area (Å²) < 4.78 is 10.6. The lowest BCUT2D eigenvalue weighted by atomic mass is 10.0. The minimum atomic E-state index is -0.234. The van der Waals surface area contributed by atoms with E-state index in [1.54, 1.807) is 4.90 Å². The highest BCUT2D eigenvalue weighted by atomic mass is 16.6. The highest BCUT2D eigenvalue weighted by Crippen LogP contribution is 2.14. The third kappa shape index (κ3) is 3.35. The largest absolute Gasteiger partial charge is 0.450 e. The van der Waals surface area contributed by atoms with Crippen molar-refractivity contribution in [2.75, 3.05) is 33.4 Å². The summed E-state index contributed by atoms with van der Waals surface area (Å²) in [5.41, 5.74) is 0. The van der Waals surface area contributed by atoms with Crippen LogP contribution in [0.2, 0.25) is 0 Å². The summed E-state index contributed by atoms with van der Waals surface area (Å²) in [6, 6.07) is 0.325. The van der Waals surface area contributed by atoms with Crippen LogP contribution >= 0.6 is 0 Å². The Bertz CT molecular complexity index is 223. The van der Waals surface area contributed by atoms with Crippen molar-refractivity contribution < 1.29 is 14.3 Å². The van der Waals surface area contributed by atoms with E-state index in [0.717, 1.165) is 13.0 Å². The number of rotatable bonds is 4. The van der Waals surface area contributed by atoms with Crippen molar-refractivity contribution in [2.24, 2.45) is 0 Å². The lowest BCUT2D eigenvalue weighted by Gasteiger charge is -2.37. The van der Waals surface area contributed by atoms with Gasteiger partial charge in [-0.2, -0.15) is 0 Å². The van der Waals surface area contributed by atoms with Crippen LogP contribution < -0.4 is 5.32 Å². The zero-order chi connectivity index (χ0) is 12.0. The average molecular weight is 230 g/mol. The molecule has 16 heavy (non-hydrogen) atoms. The van der Waals surface area contributed by atoms with E-state index < -0.39 is 0 Å². The monoisotopic (exact) mass is 230 g/mol. The van der Waals surface area contributed by atoms with Gasteiger partial charge in [0.05, 0.1) is 19.3 Å². The predicted octanol–water partition coefficient (Wildman–Crippen LogP) is 0.842. The number of likely N-dealkylation sites (tertiary alicyclic amines) is 1. The van der Waals surface area contributed by atoms with Gasteiger partial charge < -0.3 is 19.7 Å². The molecule has 0 aromatic rings. The summed E-state index contributed by atoms with van der Waals surface area (Å²) >= 11 is 0. The molecule has 1 rings (SSSR count). The van der Waals surface area contributed by atoms with Crippen molar-refractivity contribution in [2.45, 2.75) is 32.4 Å². The molecule has 0 radical (unpaired) electrons. The molecule has 5 heteroatoms. The van der Waals surface area contributed by atoms with Crippen LogP contribution in [0.4, 0.5) is 4.79 Å². The van der Waals surface area contributed by atoms with Crippen molar-refractivity contribution >= 4 is 6.09 Å². The molecule has 1 fully saturated rings. The maximum absolute atomic E-state index is 11.6. The lowest BCUT2D eigenvalue weighted by Crippen LogP contribution is -2.54. The molecule has 0 spiro atoms. The molecule has 5 nitrogen and oxygen atoms in total. The fraction of sp³-hybridized carbons (Fsp3) is 0.909. The summed E-state index contributed by atoms with van der Waals surface area (Å²) in [7, 11) is 1.93. The Labute approximate surface area is 97.1 Å². The van der Waals surface area contributed by atoms with Crippen molar-refractivity contribution in [3.63, 3.8) is 0 Å². The first-order chi connectivity index (χ1) is 7.72. The van der Waals surface area contributed by atoms with E-state index in [1.165, 1.54) is 0 Å². The van der Waals surface area contributed by atoms with Gasteiger partial charge in [-0.1, -0.05) is 0 Å². The molecular weight excluding hydrogens is 208 g/mol. The van der Waals surface area contributed by atoms with Crippen molar-refractivity contribution in [3.8, 4) is 0 Å². The molecular formula is C11H22N2O3. The molecule has 0 bridgehead atoms. The van der Waals surface area contributed by atoms with Crippen LogP contribution in [0.1, 0.15) is 20.3 Å². The number of likely N-dealkylation sites (N-methyl/N-ethyl adjacent to an activating group) is 1. The van der Waals surface area contributed by atoms with Gasteiger partial charge in [0.25, 0.3) is 0 Å². The van der Waals surface area contributed by atoms with Crippen LogP contribution in [0, 0.1) is 0 Å². The van der Waals surface area contributed by atoms with Gasteiger partial charge in [-0.05, 0) is 27.3 Å². The van der Waals surface area contributed by atoms with E-state index >= 15 is 0 Å². The summed E-state index contributed by atoms with van der Waals surface area (Å²) in [6.07, 6.45) is 0.731. The highest BCUT2D eigenvalue weighted by molar-refractivity contribution is 5.67. The second-order valence-corrected chi connectivity index (χ2v) is 3.82. The number of nitrogens with zero attached hydrogens (tertiary/aromatic N) is 1. The van der Waals surface area contributed by atoms with Gasteiger partial charge in [0.2, 0.25) is 0 Å². The van der Waals surface area contributed by atoms with Crippen LogP contribution in [0.25, 0.3) is 0 Å². The summed E-state index contributed by atoms with van der Waals surface area (Å²) in [4.78, 5) is 13.3. The number of ether oxygens (including phenoxy) is 2. The first-order valence-electron chi connectivity index (χ1n) is 5.93. The van der Waals surface area contributed by atoms with E-state index in [2.05, 4.69) is 5.32 Å². The van der Waals surface area contributed by atoms with Gasteiger partial charge in [0.15, 0.2) is 0 Å². The zero-order valence-corrected chi connectivity index (χ0v) is 10.4. The summed E-state index contributed by atoms with van der Waals surface area (Å²) in [5, 5.41) is 3.23. The standard InChI is InChI=1S/C11H22N2O3/c1-4-15-10-8-13(11(14)16-5-2)7-6-9(10)12-3/h9-10,12H,4-8H2,1-3H3. The van der Waals surface area contributed by atoms with Gasteiger partial charge in [-0.15, -0.1) is 0 Å². The second-order valence-electron chi connectivity index (χ2n) is 3.82. The summed E-state index contributed by atoms with van der Waals surface area (Å²) in [5.74, 6) is 0. The molecule has 1 N–H and O–H groups in total. The number of hydrogen-bond acceptors (Lipinski definition) is 4. The first-order valence-corrected chi connectivity index (χ1v) is 5.93. The molecule has 0 aromatic carbocycles. The minimum Gasteiger partial charge on any atom is -0.450 e. The van der Waals surface area contributed by atoms with E-state index in [9.17, 15) is 4.79 Å². The molecule has 0 saturated carbocycles. The molecule has 1 amide bonds. The van der Waals surface area contributed by atoms with Crippen LogP contribution in [0.3, 0.4) is 0 Å². The predicted molar refractivity (Wildman–Crippen MR) is 61.5 cm³/mol. The maximum Gasteiger partial charge on any atom is 0.409 e. The molecule has 1 heterocycles. The van der Waals surface area contributed by atoms with Crippen LogP contribution in [-0.2, 0) is 9.47 Å². The molecule has 1 aliphatic heterocycles. The van der Waals surface area contributed by atoms with E-state index in [4.69, 9.17) is 9.47 Å². The fourth-order valence-electron chi connectivity index (χ4n) is 2.01. The van der Waals surface area contributed by atoms with Crippen LogP contribution in [-0.4, -0.2) is 56.5 Å². The normalized spacial score (nSPS) is 25.6. The van der Waals surface area contributed by atoms with Crippen molar-refractivity contribution in [1.82, 2.24) is 10.2 Å². The van der Waals surface area contributed by atoms with Crippen LogP contribution in [0.15, 0.2) is 0 Å². The van der Waals surface area contributed by atoms with E-state index in [1.807, 2.05) is 20.9 Å². The Morgan fingerprint density at radius 2 is 2.19 bits per heavy atom. The fourth-order valence-corrected chi connectivity index (χ4v) is 2.01.